The summed E-state index contributed by atoms with van der Waals surface area (Å²) in [5.74, 6) is 0. The highest BCUT2D eigenvalue weighted by Crippen LogP contribution is 2.29. The molecule has 0 amide bonds. The predicted octanol–water partition coefficient (Wildman–Crippen LogP) is 4.64. The molecular weight excluding hydrogens is 434 g/mol. The first kappa shape index (κ1) is 21.6. The lowest BCUT2D eigenvalue weighted by atomic mass is 10.0. The predicted molar refractivity (Wildman–Crippen MR) is 142 cm³/mol. The average Bonchev–Trinajstić information content (AvgIpc) is 2.91. The van der Waals surface area contributed by atoms with Crippen LogP contribution >= 0.6 is 0 Å². The highest BCUT2D eigenvalue weighted by Gasteiger charge is 2.41. The fraction of sp³-hybridized carbons (Fsp3) is 0. The molecule has 0 radical (unpaired) electrons. The fourth-order valence-corrected chi connectivity index (χ4v) is 9.66. The molecule has 0 aliphatic carbocycles. The van der Waals surface area contributed by atoms with Crippen LogP contribution in [0.2, 0.25) is 0 Å². The van der Waals surface area contributed by atoms with Gasteiger partial charge in [-0.15, -0.1) is 0 Å². The van der Waals surface area contributed by atoms with E-state index in [9.17, 15) is 10.1 Å². The van der Waals surface area contributed by atoms with Gasteiger partial charge in [-0.05, 0) is 32.4 Å². The van der Waals surface area contributed by atoms with Crippen LogP contribution in [0.1, 0.15) is 0 Å². The van der Waals surface area contributed by atoms with E-state index in [0.29, 0.717) is 5.56 Å². The van der Waals surface area contributed by atoms with Gasteiger partial charge in [-0.3, -0.25) is 10.1 Å². The van der Waals surface area contributed by atoms with Gasteiger partial charge in [-0.2, -0.15) is 0 Å². The normalized spacial score (nSPS) is 11.2. The van der Waals surface area contributed by atoms with Gasteiger partial charge in [0.2, 0.25) is 0 Å². The molecule has 0 fully saturated rings. The lowest BCUT2D eigenvalue weighted by Crippen LogP contribution is -2.74. The Morgan fingerprint density at radius 1 is 0.500 bits per heavy atom. The second kappa shape index (κ2) is 9.30. The van der Waals surface area contributed by atoms with Crippen LogP contribution in [-0.2, 0) is 0 Å². The van der Waals surface area contributed by atoms with Gasteiger partial charge in [0.25, 0.3) is 5.69 Å². The van der Waals surface area contributed by atoms with Crippen molar-refractivity contribution < 1.29 is 4.92 Å². The number of para-hydroxylation sites is 1. The van der Waals surface area contributed by atoms with Gasteiger partial charge >= 0.3 is 0 Å². The Hall–Kier alpha value is -4.28. The van der Waals surface area contributed by atoms with E-state index < -0.39 is 8.07 Å². The second-order valence-electron chi connectivity index (χ2n) is 8.20. The van der Waals surface area contributed by atoms with Gasteiger partial charge in [0.05, 0.1) is 10.5 Å². The summed E-state index contributed by atoms with van der Waals surface area (Å²) in [6, 6.07) is 47.2. The highest BCUT2D eigenvalue weighted by molar-refractivity contribution is 7.19. The summed E-state index contributed by atoms with van der Waals surface area (Å²) < 4.78 is 0. The van der Waals surface area contributed by atoms with E-state index >= 15 is 0 Å². The first-order valence-corrected chi connectivity index (χ1v) is 13.2. The fourth-order valence-electron chi connectivity index (χ4n) is 4.86. The van der Waals surface area contributed by atoms with Gasteiger partial charge in [-0.25, -0.2) is 0 Å². The van der Waals surface area contributed by atoms with E-state index in [1.165, 1.54) is 20.7 Å². The van der Waals surface area contributed by atoms with E-state index in [0.717, 1.165) is 5.56 Å². The molecule has 0 aliphatic heterocycles. The standard InChI is InChI=1S/C30H23NO2Si/c32-31(33)30-22-11-10-21-29(30)24-13-12-20-28(23-24)34(25-14-4-1-5-15-25,26-16-6-2-7-17-26)27-18-8-3-9-19-27/h1-23H. The molecule has 0 N–H and O–H groups in total. The van der Waals surface area contributed by atoms with E-state index in [2.05, 4.69) is 84.9 Å². The SMILES string of the molecule is O=[N+]([O-])c1ccccc1-c1cccc([Si](c2ccccc2)(c2ccccc2)c2ccccc2)c1. The largest absolute Gasteiger partial charge is 0.277 e. The van der Waals surface area contributed by atoms with Crippen LogP contribution in [-0.4, -0.2) is 13.0 Å². The zero-order valence-electron chi connectivity index (χ0n) is 18.5. The molecule has 0 aromatic heterocycles. The third kappa shape index (κ3) is 3.74. The number of nitrogens with zero attached hydrogens (tertiary/aromatic N) is 1. The third-order valence-electron chi connectivity index (χ3n) is 6.33. The van der Waals surface area contributed by atoms with Crippen LogP contribution in [0.15, 0.2) is 140 Å². The third-order valence-corrected chi connectivity index (χ3v) is 11.1. The zero-order valence-corrected chi connectivity index (χ0v) is 19.5. The van der Waals surface area contributed by atoms with Crippen LogP contribution in [0.3, 0.4) is 0 Å². The Labute approximate surface area is 200 Å². The summed E-state index contributed by atoms with van der Waals surface area (Å²) >= 11 is 0. The Balaban J connectivity index is 1.85. The summed E-state index contributed by atoms with van der Waals surface area (Å²) in [6.45, 7) is 0. The molecule has 5 aromatic rings. The molecule has 3 nitrogen and oxygen atoms in total. The molecule has 0 heterocycles. The highest BCUT2D eigenvalue weighted by atomic mass is 28.3. The molecule has 0 saturated carbocycles. The maximum atomic E-state index is 11.8. The monoisotopic (exact) mass is 457 g/mol. The lowest BCUT2D eigenvalue weighted by molar-refractivity contribution is -0.384. The Bertz CT molecular complexity index is 1320. The summed E-state index contributed by atoms with van der Waals surface area (Å²) in [5.41, 5.74) is 1.60. The van der Waals surface area contributed by atoms with Crippen molar-refractivity contribution in [1.29, 1.82) is 0 Å². The van der Waals surface area contributed by atoms with E-state index in [4.69, 9.17) is 0 Å². The Morgan fingerprint density at radius 2 is 0.941 bits per heavy atom. The first-order chi connectivity index (χ1) is 16.7. The number of benzene rings is 5. The minimum Gasteiger partial charge on any atom is -0.258 e. The summed E-state index contributed by atoms with van der Waals surface area (Å²) in [5, 5.41) is 16.8. The van der Waals surface area contributed by atoms with Crippen molar-refractivity contribution >= 4 is 34.5 Å². The number of nitro benzene ring substituents is 1. The van der Waals surface area contributed by atoms with Crippen molar-refractivity contribution in [2.45, 2.75) is 0 Å². The quantitative estimate of drug-likeness (QED) is 0.161. The molecule has 5 aromatic carbocycles. The molecule has 0 spiro atoms. The Kier molecular flexibility index (Phi) is 5.89. The average molecular weight is 458 g/mol. The van der Waals surface area contributed by atoms with E-state index in [1.54, 1.807) is 12.1 Å². The summed E-state index contributed by atoms with van der Waals surface area (Å²) in [6.07, 6.45) is 0. The number of nitro groups is 1. The van der Waals surface area contributed by atoms with Crippen LogP contribution in [0.25, 0.3) is 11.1 Å². The molecule has 0 bridgehead atoms. The Morgan fingerprint density at radius 3 is 1.44 bits per heavy atom. The van der Waals surface area contributed by atoms with E-state index in [1.807, 2.05) is 42.5 Å². The van der Waals surface area contributed by atoms with Gasteiger partial charge in [-0.1, -0.05) is 127 Å². The van der Waals surface area contributed by atoms with Gasteiger partial charge in [0.15, 0.2) is 8.07 Å². The van der Waals surface area contributed by atoms with Gasteiger partial charge in [0, 0.05) is 6.07 Å². The maximum Gasteiger partial charge on any atom is 0.277 e. The molecule has 0 unspecified atom stereocenters. The van der Waals surface area contributed by atoms with Crippen LogP contribution in [0, 0.1) is 10.1 Å². The molecular formula is C30H23NO2Si. The van der Waals surface area contributed by atoms with Crippen LogP contribution < -0.4 is 20.7 Å². The van der Waals surface area contributed by atoms with Gasteiger partial charge < -0.3 is 0 Å². The topological polar surface area (TPSA) is 43.1 Å². The van der Waals surface area contributed by atoms with Crippen molar-refractivity contribution in [2.24, 2.45) is 0 Å². The van der Waals surface area contributed by atoms with Crippen molar-refractivity contribution in [3.05, 3.63) is 150 Å². The summed E-state index contributed by atoms with van der Waals surface area (Å²) in [4.78, 5) is 11.4. The molecule has 164 valence electrons. The van der Waals surface area contributed by atoms with E-state index in [-0.39, 0.29) is 10.6 Å². The van der Waals surface area contributed by atoms with Crippen LogP contribution in [0.4, 0.5) is 5.69 Å². The van der Waals surface area contributed by atoms with Crippen molar-refractivity contribution in [2.75, 3.05) is 0 Å². The molecule has 34 heavy (non-hydrogen) atoms. The van der Waals surface area contributed by atoms with Crippen molar-refractivity contribution in [1.82, 2.24) is 0 Å². The lowest BCUT2D eigenvalue weighted by Gasteiger charge is -2.34. The van der Waals surface area contributed by atoms with Crippen molar-refractivity contribution in [3.63, 3.8) is 0 Å². The molecule has 0 aliphatic rings. The maximum absolute atomic E-state index is 11.8. The number of hydrogen-bond donors (Lipinski definition) is 0. The molecule has 0 atom stereocenters. The number of hydrogen-bond acceptors (Lipinski definition) is 2. The second-order valence-corrected chi connectivity index (χ2v) is 12.0. The minimum absolute atomic E-state index is 0.117. The zero-order chi connectivity index (χ0) is 23.4. The van der Waals surface area contributed by atoms with Crippen LogP contribution in [0.5, 0.6) is 0 Å². The van der Waals surface area contributed by atoms with Crippen molar-refractivity contribution in [3.8, 4) is 11.1 Å². The van der Waals surface area contributed by atoms with Gasteiger partial charge in [0.1, 0.15) is 0 Å². The first-order valence-electron chi connectivity index (χ1n) is 11.2. The minimum atomic E-state index is -2.68. The summed E-state index contributed by atoms with van der Waals surface area (Å²) in [7, 11) is -2.68. The molecule has 5 rings (SSSR count). The number of rotatable bonds is 6. The smallest absolute Gasteiger partial charge is 0.258 e. The molecule has 0 saturated heterocycles. The molecule has 4 heteroatoms.